The van der Waals surface area contributed by atoms with Gasteiger partial charge in [-0.1, -0.05) is 20.3 Å². The Balaban J connectivity index is 1.82. The van der Waals surface area contributed by atoms with Gasteiger partial charge in [0.25, 0.3) is 5.56 Å². The first-order valence-electron chi connectivity index (χ1n) is 8.02. The molecule has 2 fully saturated rings. The molecule has 2 aliphatic heterocycles. The molecule has 2 saturated heterocycles. The predicted molar refractivity (Wildman–Crippen MR) is 81.3 cm³/mol. The molecule has 0 saturated carbocycles. The molecule has 0 unspecified atom stereocenters. The molecule has 0 spiro atoms. The van der Waals surface area contributed by atoms with Gasteiger partial charge in [0.2, 0.25) is 0 Å². The highest BCUT2D eigenvalue weighted by molar-refractivity contribution is 5.05. The Labute approximate surface area is 125 Å². The van der Waals surface area contributed by atoms with Crippen molar-refractivity contribution < 1.29 is 5.11 Å². The molecule has 2 bridgehead atoms. The lowest BCUT2D eigenvalue weighted by Crippen LogP contribution is -2.57. The molecule has 0 amide bonds. The van der Waals surface area contributed by atoms with Gasteiger partial charge in [0.05, 0.1) is 17.8 Å². The Morgan fingerprint density at radius 3 is 2.67 bits per heavy atom. The van der Waals surface area contributed by atoms with Crippen LogP contribution in [0, 0.1) is 0 Å². The fraction of sp³-hybridized carbons (Fsp3) is 0.750. The molecule has 2 N–H and O–H groups in total. The lowest BCUT2D eigenvalue weighted by molar-refractivity contribution is -0.0467. The number of fused-ring (bicyclic) bond motifs is 2. The highest BCUT2D eigenvalue weighted by Crippen LogP contribution is 2.33. The normalized spacial score (nSPS) is 32.4. The average Bonchev–Trinajstić information content (AvgIpc) is 2.40. The SMILES string of the molecule is CC(C)c1ccc(=O)n(CC2(O)C[C@@H]3CCC[C@@H](C2)N3)n1. The van der Waals surface area contributed by atoms with Gasteiger partial charge in [0.15, 0.2) is 0 Å². The topological polar surface area (TPSA) is 67.2 Å². The third-order valence-corrected chi connectivity index (χ3v) is 4.75. The van der Waals surface area contributed by atoms with E-state index >= 15 is 0 Å². The summed E-state index contributed by atoms with van der Waals surface area (Å²) in [6, 6.07) is 4.11. The first-order chi connectivity index (χ1) is 9.95. The van der Waals surface area contributed by atoms with Crippen molar-refractivity contribution in [3.8, 4) is 0 Å². The largest absolute Gasteiger partial charge is 0.388 e. The maximum Gasteiger partial charge on any atom is 0.266 e. The van der Waals surface area contributed by atoms with Gasteiger partial charge in [-0.15, -0.1) is 0 Å². The second-order valence-electron chi connectivity index (χ2n) is 7.03. The van der Waals surface area contributed by atoms with Crippen LogP contribution in [0.15, 0.2) is 16.9 Å². The second-order valence-corrected chi connectivity index (χ2v) is 7.03. The summed E-state index contributed by atoms with van der Waals surface area (Å²) < 4.78 is 1.45. The Morgan fingerprint density at radius 2 is 2.05 bits per heavy atom. The Morgan fingerprint density at radius 1 is 1.38 bits per heavy atom. The predicted octanol–water partition coefficient (Wildman–Crippen LogP) is 1.40. The van der Waals surface area contributed by atoms with Crippen LogP contribution in [0.2, 0.25) is 0 Å². The van der Waals surface area contributed by atoms with Crippen LogP contribution in [0.4, 0.5) is 0 Å². The lowest BCUT2D eigenvalue weighted by atomic mass is 9.77. The summed E-state index contributed by atoms with van der Waals surface area (Å²) in [5.41, 5.74) is -0.0446. The fourth-order valence-corrected chi connectivity index (χ4v) is 3.73. The van der Waals surface area contributed by atoms with Crippen LogP contribution >= 0.6 is 0 Å². The summed E-state index contributed by atoms with van der Waals surface area (Å²) in [6.07, 6.45) is 4.90. The first kappa shape index (κ1) is 14.7. The van der Waals surface area contributed by atoms with E-state index < -0.39 is 5.60 Å². The standard InChI is InChI=1S/C16H25N3O2/c1-11(2)14-6-7-15(20)19(18-14)10-16(21)8-12-4-3-5-13(9-16)17-12/h6-7,11-13,17,21H,3-5,8-10H2,1-2H3/t12-,13-/m0/s1. The van der Waals surface area contributed by atoms with Gasteiger partial charge in [-0.25, -0.2) is 4.68 Å². The number of aliphatic hydroxyl groups is 1. The van der Waals surface area contributed by atoms with E-state index in [9.17, 15) is 9.90 Å². The summed E-state index contributed by atoms with van der Waals surface area (Å²) >= 11 is 0. The Hall–Kier alpha value is -1.20. The van der Waals surface area contributed by atoms with E-state index in [1.807, 2.05) is 0 Å². The second kappa shape index (κ2) is 5.54. The zero-order chi connectivity index (χ0) is 15.0. The van der Waals surface area contributed by atoms with Crippen molar-refractivity contribution in [1.29, 1.82) is 0 Å². The average molecular weight is 291 g/mol. The van der Waals surface area contributed by atoms with Crippen LogP contribution in [0.25, 0.3) is 0 Å². The molecule has 5 nitrogen and oxygen atoms in total. The molecule has 3 heterocycles. The van der Waals surface area contributed by atoms with Crippen LogP contribution in [0.5, 0.6) is 0 Å². The smallest absolute Gasteiger partial charge is 0.266 e. The van der Waals surface area contributed by atoms with E-state index in [0.29, 0.717) is 31.5 Å². The number of hydrogen-bond donors (Lipinski definition) is 2. The highest BCUT2D eigenvalue weighted by atomic mass is 16.3. The maximum atomic E-state index is 12.0. The molecule has 0 radical (unpaired) electrons. The van der Waals surface area contributed by atoms with Crippen molar-refractivity contribution >= 4 is 0 Å². The fourth-order valence-electron chi connectivity index (χ4n) is 3.73. The molecule has 116 valence electrons. The number of rotatable bonds is 3. The molecule has 21 heavy (non-hydrogen) atoms. The van der Waals surface area contributed by atoms with Gasteiger partial charge < -0.3 is 10.4 Å². The number of piperidine rings is 2. The molecule has 2 aliphatic rings. The van der Waals surface area contributed by atoms with Gasteiger partial charge in [-0.05, 0) is 37.7 Å². The van der Waals surface area contributed by atoms with Gasteiger partial charge >= 0.3 is 0 Å². The van der Waals surface area contributed by atoms with Crippen LogP contribution in [0.1, 0.15) is 57.6 Å². The van der Waals surface area contributed by atoms with Gasteiger partial charge in [-0.3, -0.25) is 4.79 Å². The lowest BCUT2D eigenvalue weighted by Gasteiger charge is -2.45. The van der Waals surface area contributed by atoms with Crippen molar-refractivity contribution in [2.24, 2.45) is 0 Å². The van der Waals surface area contributed by atoms with Gasteiger partial charge in [-0.2, -0.15) is 5.10 Å². The molecule has 1 aromatic rings. The monoisotopic (exact) mass is 291 g/mol. The van der Waals surface area contributed by atoms with Crippen molar-refractivity contribution in [2.45, 2.75) is 76.1 Å². The molecule has 0 aromatic carbocycles. The zero-order valence-electron chi connectivity index (χ0n) is 12.9. The minimum absolute atomic E-state index is 0.128. The third kappa shape index (κ3) is 3.19. The molecular formula is C16H25N3O2. The summed E-state index contributed by atoms with van der Waals surface area (Å²) in [7, 11) is 0. The van der Waals surface area contributed by atoms with Crippen molar-refractivity contribution in [2.75, 3.05) is 0 Å². The first-order valence-corrected chi connectivity index (χ1v) is 8.02. The number of nitrogens with one attached hydrogen (secondary N) is 1. The summed E-state index contributed by atoms with van der Waals surface area (Å²) in [4.78, 5) is 12.0. The van der Waals surface area contributed by atoms with Crippen molar-refractivity contribution in [3.05, 3.63) is 28.2 Å². The molecule has 1 aromatic heterocycles. The quantitative estimate of drug-likeness (QED) is 0.883. The summed E-state index contributed by atoms with van der Waals surface area (Å²) in [5.74, 6) is 0.277. The Bertz CT molecular complexity index is 555. The molecule has 0 aliphatic carbocycles. The zero-order valence-corrected chi connectivity index (χ0v) is 12.9. The summed E-state index contributed by atoms with van der Waals surface area (Å²) in [6.45, 7) is 4.42. The number of aromatic nitrogens is 2. The van der Waals surface area contributed by atoms with E-state index in [1.54, 1.807) is 12.1 Å². The van der Waals surface area contributed by atoms with Gasteiger partial charge in [0.1, 0.15) is 0 Å². The van der Waals surface area contributed by atoms with Crippen LogP contribution in [0.3, 0.4) is 0 Å². The Kier molecular flexibility index (Phi) is 3.88. The van der Waals surface area contributed by atoms with E-state index in [-0.39, 0.29) is 11.5 Å². The highest BCUT2D eigenvalue weighted by Gasteiger charge is 2.41. The van der Waals surface area contributed by atoms with Crippen molar-refractivity contribution in [3.63, 3.8) is 0 Å². The maximum absolute atomic E-state index is 12.0. The van der Waals surface area contributed by atoms with Crippen LogP contribution < -0.4 is 10.9 Å². The minimum atomic E-state index is -0.812. The summed E-state index contributed by atoms with van der Waals surface area (Å²) in [5, 5.41) is 18.9. The van der Waals surface area contributed by atoms with E-state index in [0.717, 1.165) is 18.5 Å². The van der Waals surface area contributed by atoms with Crippen molar-refractivity contribution in [1.82, 2.24) is 15.1 Å². The minimum Gasteiger partial charge on any atom is -0.388 e. The van der Waals surface area contributed by atoms with Crippen LogP contribution in [-0.4, -0.2) is 32.6 Å². The molecule has 3 rings (SSSR count). The van der Waals surface area contributed by atoms with E-state index in [2.05, 4.69) is 24.3 Å². The van der Waals surface area contributed by atoms with Gasteiger partial charge in [0, 0.05) is 18.2 Å². The molecule has 2 atom stereocenters. The third-order valence-electron chi connectivity index (χ3n) is 4.75. The number of nitrogens with zero attached hydrogens (tertiary/aromatic N) is 2. The molecular weight excluding hydrogens is 266 g/mol. The molecule has 5 heteroatoms. The number of hydrogen-bond acceptors (Lipinski definition) is 4. The van der Waals surface area contributed by atoms with Crippen LogP contribution in [-0.2, 0) is 6.54 Å². The van der Waals surface area contributed by atoms with E-state index in [4.69, 9.17) is 0 Å². The van der Waals surface area contributed by atoms with E-state index in [1.165, 1.54) is 11.1 Å².